The van der Waals surface area contributed by atoms with E-state index in [1.807, 2.05) is 27.9 Å². The number of aromatic nitrogens is 3. The number of carbonyl (C=O) groups is 2. The third-order valence-corrected chi connectivity index (χ3v) is 3.68. The maximum Gasteiger partial charge on any atom is 0.230 e. The molecule has 7 nitrogen and oxygen atoms in total. The van der Waals surface area contributed by atoms with Gasteiger partial charge < -0.3 is 10.2 Å². The molecule has 0 aliphatic rings. The van der Waals surface area contributed by atoms with Crippen molar-refractivity contribution in [2.75, 3.05) is 24.3 Å². The highest BCUT2D eigenvalue weighted by molar-refractivity contribution is 8.01. The lowest BCUT2D eigenvalue weighted by molar-refractivity contribution is -0.123. The van der Waals surface area contributed by atoms with Crippen LogP contribution in [0.4, 0.5) is 11.9 Å². The molecular formula is C13H21N5O2S. The van der Waals surface area contributed by atoms with E-state index >= 15 is 0 Å². The molecular weight excluding hydrogens is 290 g/mol. The highest BCUT2D eigenvalue weighted by Gasteiger charge is 2.23. The molecule has 1 N–H and O–H groups in total. The van der Waals surface area contributed by atoms with Gasteiger partial charge in [0.2, 0.25) is 11.9 Å². The van der Waals surface area contributed by atoms with Gasteiger partial charge in [-0.1, -0.05) is 11.8 Å². The molecule has 116 valence electrons. The Balaban J connectivity index is 3.12. The van der Waals surface area contributed by atoms with E-state index < -0.39 is 5.25 Å². The van der Waals surface area contributed by atoms with Crippen LogP contribution in [-0.4, -0.2) is 51.9 Å². The highest BCUT2D eigenvalue weighted by atomic mass is 32.2. The minimum absolute atomic E-state index is 0.164. The molecule has 1 rings (SSSR count). The quantitative estimate of drug-likeness (QED) is 0.597. The van der Waals surface area contributed by atoms with Gasteiger partial charge in [-0.15, -0.1) is 0 Å². The van der Waals surface area contributed by atoms with Crippen LogP contribution in [0.5, 0.6) is 0 Å². The number of anilines is 2. The summed E-state index contributed by atoms with van der Waals surface area (Å²) in [5.74, 6) is 0.480. The first-order chi connectivity index (χ1) is 9.70. The van der Waals surface area contributed by atoms with Gasteiger partial charge in [0.15, 0.2) is 16.7 Å². The molecule has 0 atom stereocenters. The van der Waals surface area contributed by atoms with E-state index in [4.69, 9.17) is 0 Å². The standard InChI is InChI=1S/C13H21N5O2S/c1-7(2)14-11-15-12(18(5)6)17-13(16-11)21-10(8(3)19)9(4)20/h7,10H,1-6H3,(H,14,15,16,17). The van der Waals surface area contributed by atoms with Crippen LogP contribution < -0.4 is 10.2 Å². The van der Waals surface area contributed by atoms with Gasteiger partial charge in [0, 0.05) is 20.1 Å². The minimum Gasteiger partial charge on any atom is -0.352 e. The average Bonchev–Trinajstić information content (AvgIpc) is 2.33. The number of nitrogens with one attached hydrogen (secondary N) is 1. The van der Waals surface area contributed by atoms with E-state index in [0.29, 0.717) is 17.1 Å². The molecule has 1 aromatic rings. The van der Waals surface area contributed by atoms with Crippen LogP contribution >= 0.6 is 11.8 Å². The summed E-state index contributed by atoms with van der Waals surface area (Å²) in [6.45, 7) is 6.72. The predicted octanol–water partition coefficient (Wildman–Crippen LogP) is 1.40. The van der Waals surface area contributed by atoms with E-state index in [0.717, 1.165) is 11.8 Å². The van der Waals surface area contributed by atoms with E-state index in [9.17, 15) is 9.59 Å². The van der Waals surface area contributed by atoms with Crippen LogP contribution in [0.15, 0.2) is 5.16 Å². The van der Waals surface area contributed by atoms with Crippen molar-refractivity contribution in [3.63, 3.8) is 0 Å². The van der Waals surface area contributed by atoms with Gasteiger partial charge in [-0.3, -0.25) is 9.59 Å². The lowest BCUT2D eigenvalue weighted by Gasteiger charge is -2.15. The number of nitrogens with zero attached hydrogens (tertiary/aromatic N) is 4. The van der Waals surface area contributed by atoms with Crippen LogP contribution in [0.1, 0.15) is 27.7 Å². The molecule has 0 aliphatic heterocycles. The number of Topliss-reactive ketones (excluding diaryl/α,β-unsaturated/α-hetero) is 2. The van der Waals surface area contributed by atoms with Crippen molar-refractivity contribution in [2.45, 2.75) is 44.1 Å². The van der Waals surface area contributed by atoms with Crippen LogP contribution in [0.3, 0.4) is 0 Å². The molecule has 0 unspecified atom stereocenters. The SMILES string of the molecule is CC(=O)C(Sc1nc(NC(C)C)nc(N(C)C)n1)C(C)=O. The number of hydrogen-bond acceptors (Lipinski definition) is 8. The molecule has 21 heavy (non-hydrogen) atoms. The van der Waals surface area contributed by atoms with Crippen molar-refractivity contribution in [1.29, 1.82) is 0 Å². The average molecular weight is 311 g/mol. The summed E-state index contributed by atoms with van der Waals surface area (Å²) in [7, 11) is 3.63. The molecule has 0 saturated carbocycles. The molecule has 1 heterocycles. The van der Waals surface area contributed by atoms with Gasteiger partial charge in [0.1, 0.15) is 5.25 Å². The van der Waals surface area contributed by atoms with Gasteiger partial charge in [0.25, 0.3) is 0 Å². The summed E-state index contributed by atoms with van der Waals surface area (Å²) in [6, 6.07) is 0.164. The number of carbonyl (C=O) groups excluding carboxylic acids is 2. The number of thioether (sulfide) groups is 1. The van der Waals surface area contributed by atoms with E-state index in [1.165, 1.54) is 13.8 Å². The van der Waals surface area contributed by atoms with E-state index in [1.54, 1.807) is 4.90 Å². The van der Waals surface area contributed by atoms with Crippen molar-refractivity contribution >= 4 is 35.2 Å². The molecule has 0 saturated heterocycles. The first-order valence-electron chi connectivity index (χ1n) is 6.58. The predicted molar refractivity (Wildman–Crippen MR) is 83.9 cm³/mol. The molecule has 8 heteroatoms. The fourth-order valence-electron chi connectivity index (χ4n) is 1.48. The lowest BCUT2D eigenvalue weighted by atomic mass is 10.2. The maximum atomic E-state index is 11.5. The number of hydrogen-bond donors (Lipinski definition) is 1. The zero-order chi connectivity index (χ0) is 16.2. The third-order valence-electron chi connectivity index (χ3n) is 2.38. The molecule has 1 aromatic heterocycles. The zero-order valence-corrected chi connectivity index (χ0v) is 14.0. The van der Waals surface area contributed by atoms with Crippen molar-refractivity contribution in [1.82, 2.24) is 15.0 Å². The first kappa shape index (κ1) is 17.4. The summed E-state index contributed by atoms with van der Waals surface area (Å²) >= 11 is 1.05. The van der Waals surface area contributed by atoms with E-state index in [2.05, 4.69) is 20.3 Å². The van der Waals surface area contributed by atoms with Crippen LogP contribution in [0.2, 0.25) is 0 Å². The second kappa shape index (κ2) is 7.35. The van der Waals surface area contributed by atoms with Crippen LogP contribution in [-0.2, 0) is 9.59 Å². The fourth-order valence-corrected chi connectivity index (χ4v) is 2.30. The maximum absolute atomic E-state index is 11.5. The number of ketones is 2. The van der Waals surface area contributed by atoms with Gasteiger partial charge in [-0.2, -0.15) is 15.0 Å². The lowest BCUT2D eigenvalue weighted by Crippen LogP contribution is -2.23. The Morgan fingerprint density at radius 2 is 1.67 bits per heavy atom. The van der Waals surface area contributed by atoms with Crippen LogP contribution in [0.25, 0.3) is 0 Å². The first-order valence-corrected chi connectivity index (χ1v) is 7.46. The Morgan fingerprint density at radius 1 is 1.10 bits per heavy atom. The number of rotatable bonds is 7. The second-order valence-electron chi connectivity index (χ2n) is 5.15. The van der Waals surface area contributed by atoms with Gasteiger partial charge in [-0.25, -0.2) is 0 Å². The van der Waals surface area contributed by atoms with Crippen LogP contribution in [0, 0.1) is 0 Å². The molecule has 0 fully saturated rings. The largest absolute Gasteiger partial charge is 0.352 e. The van der Waals surface area contributed by atoms with Crippen molar-refractivity contribution in [2.24, 2.45) is 0 Å². The van der Waals surface area contributed by atoms with Gasteiger partial charge >= 0.3 is 0 Å². The Morgan fingerprint density at radius 3 is 2.10 bits per heavy atom. The van der Waals surface area contributed by atoms with Crippen molar-refractivity contribution < 1.29 is 9.59 Å². The summed E-state index contributed by atoms with van der Waals surface area (Å²) in [5.41, 5.74) is 0. The topological polar surface area (TPSA) is 88.1 Å². The zero-order valence-electron chi connectivity index (χ0n) is 13.2. The summed E-state index contributed by atoms with van der Waals surface area (Å²) < 4.78 is 0. The third kappa shape index (κ3) is 5.30. The van der Waals surface area contributed by atoms with Gasteiger partial charge in [0.05, 0.1) is 0 Å². The molecule has 0 spiro atoms. The van der Waals surface area contributed by atoms with Crippen molar-refractivity contribution in [3.8, 4) is 0 Å². The molecule has 0 amide bonds. The van der Waals surface area contributed by atoms with Gasteiger partial charge in [-0.05, 0) is 27.7 Å². The normalized spacial score (nSPS) is 10.9. The van der Waals surface area contributed by atoms with Crippen molar-refractivity contribution in [3.05, 3.63) is 0 Å². The smallest absolute Gasteiger partial charge is 0.230 e. The summed E-state index contributed by atoms with van der Waals surface area (Å²) in [4.78, 5) is 37.6. The molecule has 0 aromatic carbocycles. The summed E-state index contributed by atoms with van der Waals surface area (Å²) in [5, 5.41) is 2.67. The Labute approximate surface area is 128 Å². The summed E-state index contributed by atoms with van der Waals surface area (Å²) in [6.07, 6.45) is 0. The second-order valence-corrected chi connectivity index (χ2v) is 6.23. The Bertz CT molecular complexity index is 519. The molecule has 0 radical (unpaired) electrons. The Kier molecular flexibility index (Phi) is 6.07. The van der Waals surface area contributed by atoms with E-state index in [-0.39, 0.29) is 17.6 Å². The molecule has 0 aliphatic carbocycles. The monoisotopic (exact) mass is 311 g/mol. The Hall–Kier alpha value is -1.70. The minimum atomic E-state index is -0.783. The highest BCUT2D eigenvalue weighted by Crippen LogP contribution is 2.23. The fraction of sp³-hybridized carbons (Fsp3) is 0.615. The molecule has 0 bridgehead atoms.